The molecular formula is C6H9F2NaO5S. The zero-order chi connectivity index (χ0) is 11.4. The number of hydrogen-bond acceptors (Lipinski definition) is 5. The maximum atomic E-state index is 12.4. The van der Waals surface area contributed by atoms with E-state index in [4.69, 9.17) is 0 Å². The molecule has 0 atom stereocenters. The van der Waals surface area contributed by atoms with Crippen molar-refractivity contribution in [2.24, 2.45) is 0 Å². The smallest absolute Gasteiger partial charge is 0.743 e. The van der Waals surface area contributed by atoms with Gasteiger partial charge in [0.2, 0.25) is 0 Å². The van der Waals surface area contributed by atoms with Crippen molar-refractivity contribution < 1.29 is 60.8 Å². The number of alkyl halides is 2. The predicted octanol–water partition coefficient (Wildman–Crippen LogP) is -2.53. The summed E-state index contributed by atoms with van der Waals surface area (Å²) in [4.78, 5) is 10.6. The first-order valence-electron chi connectivity index (χ1n) is 3.69. The molecule has 0 N–H and O–H groups in total. The molecular weight excluding hydrogens is 245 g/mol. The molecule has 5 nitrogen and oxygen atoms in total. The Morgan fingerprint density at radius 2 is 1.93 bits per heavy atom. The van der Waals surface area contributed by atoms with Crippen LogP contribution in [0.5, 0.6) is 0 Å². The molecule has 0 bridgehead atoms. The number of carbonyl (C=O) groups excluding carboxylic acids is 1. The van der Waals surface area contributed by atoms with Crippen molar-refractivity contribution in [2.45, 2.75) is 25.0 Å². The van der Waals surface area contributed by atoms with E-state index in [-0.39, 0.29) is 36.0 Å². The molecule has 0 aromatic rings. The van der Waals surface area contributed by atoms with Crippen molar-refractivity contribution in [1.29, 1.82) is 0 Å². The van der Waals surface area contributed by atoms with Crippen LogP contribution >= 0.6 is 0 Å². The molecule has 0 aliphatic carbocycles. The van der Waals surface area contributed by atoms with Crippen LogP contribution in [-0.4, -0.2) is 30.8 Å². The number of esters is 1. The number of ether oxygens (including phenoxy) is 1. The minimum Gasteiger partial charge on any atom is -0.743 e. The van der Waals surface area contributed by atoms with Gasteiger partial charge in [0.1, 0.15) is 0 Å². The second kappa shape index (κ2) is 6.74. The first-order valence-corrected chi connectivity index (χ1v) is 5.10. The standard InChI is InChI=1S/C6H10F2O5S.Na/c1-2-3-5(9)13-4-6(7,8)14(10,11)12;/h2-4H2,1H3,(H,10,11,12);/q;+1/p-1. The van der Waals surface area contributed by atoms with Crippen LogP contribution < -0.4 is 29.6 Å². The van der Waals surface area contributed by atoms with Gasteiger partial charge in [-0.1, -0.05) is 6.92 Å². The van der Waals surface area contributed by atoms with Gasteiger partial charge in [0.15, 0.2) is 16.7 Å². The Kier molecular flexibility index (Phi) is 7.93. The SMILES string of the molecule is CCCC(=O)OCC(F)(F)S(=O)(=O)[O-].[Na+]. The molecule has 84 valence electrons. The van der Waals surface area contributed by atoms with E-state index in [1.165, 1.54) is 0 Å². The van der Waals surface area contributed by atoms with Crippen molar-refractivity contribution in [3.8, 4) is 0 Å². The minimum atomic E-state index is -5.77. The van der Waals surface area contributed by atoms with Gasteiger partial charge >= 0.3 is 40.8 Å². The molecule has 0 aliphatic heterocycles. The Morgan fingerprint density at radius 3 is 2.27 bits per heavy atom. The summed E-state index contributed by atoms with van der Waals surface area (Å²) in [6, 6.07) is 0. The fourth-order valence-corrected chi connectivity index (χ4v) is 0.716. The van der Waals surface area contributed by atoms with E-state index in [1.54, 1.807) is 6.92 Å². The van der Waals surface area contributed by atoms with Gasteiger partial charge in [-0.25, -0.2) is 8.42 Å². The Bertz CT molecular complexity index is 303. The summed E-state index contributed by atoms with van der Waals surface area (Å²) in [5.74, 6) is -0.962. The van der Waals surface area contributed by atoms with Gasteiger partial charge in [-0.2, -0.15) is 8.78 Å². The third kappa shape index (κ3) is 6.41. The average molecular weight is 254 g/mol. The number of hydrogen-bond donors (Lipinski definition) is 0. The zero-order valence-electron chi connectivity index (χ0n) is 8.33. The molecule has 0 aromatic carbocycles. The zero-order valence-corrected chi connectivity index (χ0v) is 11.1. The molecule has 0 unspecified atom stereocenters. The number of halogens is 2. The van der Waals surface area contributed by atoms with Crippen LogP contribution in [0.3, 0.4) is 0 Å². The topological polar surface area (TPSA) is 83.5 Å². The van der Waals surface area contributed by atoms with E-state index in [1.807, 2.05) is 0 Å². The Morgan fingerprint density at radius 1 is 1.47 bits per heavy atom. The number of rotatable bonds is 5. The largest absolute Gasteiger partial charge is 1.00 e. The van der Waals surface area contributed by atoms with E-state index >= 15 is 0 Å². The van der Waals surface area contributed by atoms with Gasteiger partial charge in [-0.3, -0.25) is 4.79 Å². The Balaban J connectivity index is 0. The second-order valence-electron chi connectivity index (χ2n) is 2.50. The van der Waals surface area contributed by atoms with Gasteiger partial charge in [0.25, 0.3) is 0 Å². The van der Waals surface area contributed by atoms with Crippen molar-refractivity contribution in [3.05, 3.63) is 0 Å². The fourth-order valence-electron chi connectivity index (χ4n) is 0.513. The summed E-state index contributed by atoms with van der Waals surface area (Å²) in [6.07, 6.45) is 0.281. The fraction of sp³-hybridized carbons (Fsp3) is 0.833. The molecule has 0 aromatic heterocycles. The van der Waals surface area contributed by atoms with Crippen LogP contribution in [0.15, 0.2) is 0 Å². The first-order chi connectivity index (χ1) is 6.20. The first kappa shape index (κ1) is 17.6. The van der Waals surface area contributed by atoms with E-state index in [9.17, 15) is 26.5 Å². The van der Waals surface area contributed by atoms with E-state index in [0.29, 0.717) is 6.42 Å². The minimum absolute atomic E-state index is 0. The normalized spacial score (nSPS) is 11.7. The summed E-state index contributed by atoms with van der Waals surface area (Å²) < 4.78 is 58.4. The van der Waals surface area contributed by atoms with Crippen LogP contribution in [-0.2, 0) is 19.6 Å². The maximum Gasteiger partial charge on any atom is 1.00 e. The van der Waals surface area contributed by atoms with Crippen molar-refractivity contribution >= 4 is 16.1 Å². The molecule has 15 heavy (non-hydrogen) atoms. The molecule has 0 rings (SSSR count). The van der Waals surface area contributed by atoms with Gasteiger partial charge in [-0.05, 0) is 6.42 Å². The Labute approximate surface area is 108 Å². The van der Waals surface area contributed by atoms with Crippen LogP contribution in [0.2, 0.25) is 0 Å². The molecule has 0 radical (unpaired) electrons. The predicted molar refractivity (Wildman–Crippen MR) is 40.5 cm³/mol. The van der Waals surface area contributed by atoms with E-state index < -0.39 is 27.9 Å². The van der Waals surface area contributed by atoms with Gasteiger partial charge < -0.3 is 9.29 Å². The Hall–Kier alpha value is 0.240. The molecule has 0 aliphatic rings. The maximum absolute atomic E-state index is 12.4. The van der Waals surface area contributed by atoms with Crippen LogP contribution in [0.4, 0.5) is 8.78 Å². The second-order valence-corrected chi connectivity index (χ2v) is 4.01. The van der Waals surface area contributed by atoms with Gasteiger partial charge in [0, 0.05) is 6.42 Å². The average Bonchev–Trinajstić information content (AvgIpc) is 1.99. The molecule has 0 saturated heterocycles. The summed E-state index contributed by atoms with van der Waals surface area (Å²) in [7, 11) is -5.77. The summed E-state index contributed by atoms with van der Waals surface area (Å²) in [5.41, 5.74) is 0. The monoisotopic (exact) mass is 254 g/mol. The van der Waals surface area contributed by atoms with Gasteiger partial charge in [0.05, 0.1) is 0 Å². The third-order valence-corrected chi connectivity index (χ3v) is 2.07. The van der Waals surface area contributed by atoms with Crippen molar-refractivity contribution in [2.75, 3.05) is 6.61 Å². The molecule has 0 amide bonds. The van der Waals surface area contributed by atoms with E-state index in [2.05, 4.69) is 4.74 Å². The quantitative estimate of drug-likeness (QED) is 0.307. The summed E-state index contributed by atoms with van der Waals surface area (Å²) >= 11 is 0. The van der Waals surface area contributed by atoms with Crippen LogP contribution in [0, 0.1) is 0 Å². The van der Waals surface area contributed by atoms with Crippen molar-refractivity contribution in [3.63, 3.8) is 0 Å². The van der Waals surface area contributed by atoms with E-state index in [0.717, 1.165) is 0 Å². The van der Waals surface area contributed by atoms with Gasteiger partial charge in [-0.15, -0.1) is 0 Å². The number of carbonyl (C=O) groups is 1. The van der Waals surface area contributed by atoms with Crippen molar-refractivity contribution in [1.82, 2.24) is 0 Å². The van der Waals surface area contributed by atoms with Crippen LogP contribution in [0.1, 0.15) is 19.8 Å². The summed E-state index contributed by atoms with van der Waals surface area (Å²) in [6.45, 7) is -0.110. The molecule has 0 heterocycles. The molecule has 9 heteroatoms. The third-order valence-electron chi connectivity index (χ3n) is 1.22. The molecule has 0 fully saturated rings. The molecule has 0 spiro atoms. The van der Waals surface area contributed by atoms with Crippen LogP contribution in [0.25, 0.3) is 0 Å². The molecule has 0 saturated carbocycles. The summed E-state index contributed by atoms with van der Waals surface area (Å²) in [5, 5.41) is -4.56.